The Hall–Kier alpha value is 0.0300. The Kier molecular flexibility index (Phi) is 5.81. The molecular weight excluding hydrogens is 152 g/mol. The van der Waals surface area contributed by atoms with Crippen LogP contribution in [0.2, 0.25) is 0 Å². The highest BCUT2D eigenvalue weighted by atomic mass is 32.2. The molecule has 4 nitrogen and oxygen atoms in total. The fraction of sp³-hybridized carbons (Fsp3) is 1.00. The molecule has 0 saturated carbocycles. The molecule has 0 aliphatic carbocycles. The van der Waals surface area contributed by atoms with Crippen LogP contribution in [0.5, 0.6) is 0 Å². The third-order valence-corrected chi connectivity index (χ3v) is 1.77. The Morgan fingerprint density at radius 2 is 2.20 bits per heavy atom. The summed E-state index contributed by atoms with van der Waals surface area (Å²) >= 11 is -2.00. The summed E-state index contributed by atoms with van der Waals surface area (Å²) in [5.41, 5.74) is 0. The van der Waals surface area contributed by atoms with E-state index in [4.69, 9.17) is 10.4 Å². The van der Waals surface area contributed by atoms with E-state index in [1.165, 1.54) is 0 Å². The summed E-state index contributed by atoms with van der Waals surface area (Å²) in [5.74, 6) is 5.14. The molecule has 0 aliphatic rings. The molecule has 0 radical (unpaired) electrons. The highest BCUT2D eigenvalue weighted by Gasteiger charge is 2.02. The number of hydrogen-bond acceptors (Lipinski definition) is 2. The van der Waals surface area contributed by atoms with Gasteiger partial charge in [0.05, 0.1) is 0 Å². The molecule has 3 N–H and O–H groups in total. The summed E-state index contributed by atoms with van der Waals surface area (Å²) in [7, 11) is 0. The average molecular weight is 166 g/mol. The molecule has 0 bridgehead atoms. The predicted octanol–water partition coefficient (Wildman–Crippen LogP) is 0.489. The van der Waals surface area contributed by atoms with E-state index in [0.29, 0.717) is 6.54 Å². The third-order valence-electron chi connectivity index (χ3n) is 1.18. The van der Waals surface area contributed by atoms with Gasteiger partial charge in [0.15, 0.2) is 0 Å². The molecule has 5 heteroatoms. The molecule has 0 heterocycles. The van der Waals surface area contributed by atoms with Crippen LogP contribution in [0.15, 0.2) is 0 Å². The molecule has 0 fully saturated rings. The molecule has 0 aromatic heterocycles. The first kappa shape index (κ1) is 10.0. The molecule has 1 unspecified atom stereocenters. The third kappa shape index (κ3) is 4.87. The van der Waals surface area contributed by atoms with Crippen LogP contribution < -0.4 is 5.84 Å². The zero-order valence-corrected chi connectivity index (χ0v) is 6.93. The van der Waals surface area contributed by atoms with E-state index in [2.05, 4.69) is 6.92 Å². The number of nitrogens with two attached hydrogens (primary N) is 1. The summed E-state index contributed by atoms with van der Waals surface area (Å²) < 4.78 is 19.5. The van der Waals surface area contributed by atoms with Crippen molar-refractivity contribution in [2.45, 2.75) is 26.2 Å². The van der Waals surface area contributed by atoms with Gasteiger partial charge in [0.25, 0.3) is 0 Å². The minimum absolute atomic E-state index is 0.483. The van der Waals surface area contributed by atoms with Gasteiger partial charge in [-0.05, 0) is 6.42 Å². The minimum atomic E-state index is -2.00. The molecule has 1 atom stereocenters. The van der Waals surface area contributed by atoms with Gasteiger partial charge in [0, 0.05) is 6.54 Å². The largest absolute Gasteiger partial charge is 0.293 e. The molecule has 0 aliphatic heterocycles. The smallest absolute Gasteiger partial charge is 0.248 e. The molecular formula is C5H14N2O2S. The van der Waals surface area contributed by atoms with Crippen molar-refractivity contribution in [3.8, 4) is 0 Å². The van der Waals surface area contributed by atoms with Crippen LogP contribution in [-0.4, -0.2) is 19.7 Å². The average Bonchev–Trinajstić information content (AvgIpc) is 1.88. The standard InChI is InChI=1S/C5H14N2O2S/c1-2-3-4-5-7(6)10(8)9/h2-6H2,1H3,(H,8,9). The van der Waals surface area contributed by atoms with Gasteiger partial charge in [-0.2, -0.15) is 0 Å². The summed E-state index contributed by atoms with van der Waals surface area (Å²) in [4.78, 5) is 0. The molecule has 0 aromatic rings. The van der Waals surface area contributed by atoms with Crippen LogP contribution in [0.1, 0.15) is 26.2 Å². The van der Waals surface area contributed by atoms with E-state index >= 15 is 0 Å². The van der Waals surface area contributed by atoms with Crippen molar-refractivity contribution in [2.75, 3.05) is 6.54 Å². The molecule has 62 valence electrons. The molecule has 0 amide bonds. The number of rotatable bonds is 5. The lowest BCUT2D eigenvalue weighted by Crippen LogP contribution is -2.33. The quantitative estimate of drug-likeness (QED) is 0.270. The number of unbranched alkanes of at least 4 members (excludes halogenated alkanes) is 2. The van der Waals surface area contributed by atoms with E-state index in [-0.39, 0.29) is 0 Å². The summed E-state index contributed by atoms with van der Waals surface area (Å²) in [6.07, 6.45) is 3.01. The Balaban J connectivity index is 3.21. The van der Waals surface area contributed by atoms with Gasteiger partial charge in [0.1, 0.15) is 0 Å². The maximum atomic E-state index is 10.2. The van der Waals surface area contributed by atoms with Crippen molar-refractivity contribution in [3.63, 3.8) is 0 Å². The predicted molar refractivity (Wildman–Crippen MR) is 41.2 cm³/mol. The molecule has 0 saturated heterocycles. The maximum absolute atomic E-state index is 10.2. The first-order chi connectivity index (χ1) is 4.68. The second-order valence-electron chi connectivity index (χ2n) is 2.08. The Morgan fingerprint density at radius 3 is 2.60 bits per heavy atom. The lowest BCUT2D eigenvalue weighted by atomic mass is 10.3. The number of hydrazine groups is 1. The van der Waals surface area contributed by atoms with Crippen LogP contribution in [0.25, 0.3) is 0 Å². The van der Waals surface area contributed by atoms with Crippen molar-refractivity contribution < 1.29 is 8.76 Å². The van der Waals surface area contributed by atoms with Gasteiger partial charge >= 0.3 is 0 Å². The second kappa shape index (κ2) is 5.79. The Morgan fingerprint density at radius 1 is 1.60 bits per heavy atom. The summed E-state index contributed by atoms with van der Waals surface area (Å²) in [5, 5.41) is 0. The van der Waals surface area contributed by atoms with Gasteiger partial charge in [-0.1, -0.05) is 19.8 Å². The zero-order chi connectivity index (χ0) is 7.98. The maximum Gasteiger partial charge on any atom is 0.248 e. The molecule has 0 rings (SSSR count). The lowest BCUT2D eigenvalue weighted by Gasteiger charge is -2.08. The monoisotopic (exact) mass is 166 g/mol. The van der Waals surface area contributed by atoms with Crippen LogP contribution in [0.3, 0.4) is 0 Å². The van der Waals surface area contributed by atoms with Crippen molar-refractivity contribution in [3.05, 3.63) is 0 Å². The highest BCUT2D eigenvalue weighted by molar-refractivity contribution is 7.76. The summed E-state index contributed by atoms with van der Waals surface area (Å²) in [6, 6.07) is 0. The highest BCUT2D eigenvalue weighted by Crippen LogP contribution is 1.95. The van der Waals surface area contributed by atoms with Crippen LogP contribution in [0.4, 0.5) is 0 Å². The minimum Gasteiger partial charge on any atom is -0.293 e. The van der Waals surface area contributed by atoms with Gasteiger partial charge in [-0.3, -0.25) is 10.4 Å². The molecule has 0 spiro atoms. The van der Waals surface area contributed by atoms with E-state index < -0.39 is 11.3 Å². The van der Waals surface area contributed by atoms with E-state index in [9.17, 15) is 4.21 Å². The fourth-order valence-electron chi connectivity index (χ4n) is 0.596. The molecule has 0 aromatic carbocycles. The zero-order valence-electron chi connectivity index (χ0n) is 6.12. The van der Waals surface area contributed by atoms with Crippen molar-refractivity contribution in [2.24, 2.45) is 5.84 Å². The second-order valence-corrected chi connectivity index (χ2v) is 3.01. The summed E-state index contributed by atoms with van der Waals surface area (Å²) in [6.45, 7) is 2.55. The first-order valence-electron chi connectivity index (χ1n) is 3.31. The topological polar surface area (TPSA) is 66.6 Å². The first-order valence-corrected chi connectivity index (χ1v) is 4.38. The van der Waals surface area contributed by atoms with Gasteiger partial charge in [0.2, 0.25) is 11.3 Å². The van der Waals surface area contributed by atoms with Crippen LogP contribution in [-0.2, 0) is 11.3 Å². The van der Waals surface area contributed by atoms with Gasteiger partial charge in [-0.25, -0.2) is 4.21 Å². The van der Waals surface area contributed by atoms with Gasteiger partial charge in [-0.15, -0.1) is 4.41 Å². The number of hydrogen-bond donors (Lipinski definition) is 2. The molecule has 10 heavy (non-hydrogen) atoms. The van der Waals surface area contributed by atoms with Gasteiger partial charge < -0.3 is 0 Å². The number of nitrogens with zero attached hydrogens (tertiary/aromatic N) is 1. The van der Waals surface area contributed by atoms with E-state index in [1.54, 1.807) is 0 Å². The Bertz CT molecular complexity index is 110. The van der Waals surface area contributed by atoms with Crippen molar-refractivity contribution in [1.29, 1.82) is 0 Å². The Labute approximate surface area is 63.8 Å². The fourth-order valence-corrected chi connectivity index (χ4v) is 0.881. The van der Waals surface area contributed by atoms with Crippen molar-refractivity contribution in [1.82, 2.24) is 4.41 Å². The van der Waals surface area contributed by atoms with Crippen molar-refractivity contribution >= 4 is 11.3 Å². The lowest BCUT2D eigenvalue weighted by molar-refractivity contribution is 0.398. The normalized spacial score (nSPS) is 14.0. The van der Waals surface area contributed by atoms with Crippen LogP contribution >= 0.6 is 0 Å². The van der Waals surface area contributed by atoms with E-state index in [1.807, 2.05) is 0 Å². The van der Waals surface area contributed by atoms with Crippen LogP contribution in [0, 0.1) is 0 Å². The SMILES string of the molecule is CCCCCN(N)S(=O)O. The van der Waals surface area contributed by atoms with E-state index in [0.717, 1.165) is 23.7 Å².